The molecule has 1 atom stereocenters. The first-order chi connectivity index (χ1) is 7.86. The molecule has 0 spiro atoms. The van der Waals surface area contributed by atoms with Crippen LogP contribution in [-0.2, 0) is 0 Å². The van der Waals surface area contributed by atoms with E-state index in [1.165, 1.54) is 36.8 Å². The Hall–Kier alpha value is -1.30. The van der Waals surface area contributed by atoms with Gasteiger partial charge in [-0.2, -0.15) is 0 Å². The zero-order valence-electron chi connectivity index (χ0n) is 9.87. The van der Waals surface area contributed by atoms with Gasteiger partial charge in [0.2, 0.25) is 0 Å². The Kier molecular flexibility index (Phi) is 2.43. The highest BCUT2D eigenvalue weighted by Gasteiger charge is 2.28. The summed E-state index contributed by atoms with van der Waals surface area (Å²) in [5, 5.41) is 0. The average Bonchev–Trinajstić information content (AvgIpc) is 2.69. The van der Waals surface area contributed by atoms with Crippen LogP contribution in [-0.4, -0.2) is 0 Å². The lowest BCUT2D eigenvalue weighted by atomic mass is 9.80. The van der Waals surface area contributed by atoms with E-state index in [0.717, 1.165) is 5.92 Å². The summed E-state index contributed by atoms with van der Waals surface area (Å²) in [7, 11) is 0. The van der Waals surface area contributed by atoms with Gasteiger partial charge in [0.1, 0.15) is 0 Å². The molecule has 0 N–H and O–H groups in total. The minimum absolute atomic E-state index is 0.733. The molecular weight excluding hydrogens is 192 g/mol. The van der Waals surface area contributed by atoms with Crippen LogP contribution in [0.4, 0.5) is 0 Å². The zero-order chi connectivity index (χ0) is 11.0. The molecule has 0 amide bonds. The average molecular weight is 210 g/mol. The number of fused-ring (bicyclic) bond motifs is 1. The van der Waals surface area contributed by atoms with Crippen LogP contribution in [0.1, 0.15) is 38.2 Å². The van der Waals surface area contributed by atoms with Gasteiger partial charge in [-0.3, -0.25) is 0 Å². The maximum Gasteiger partial charge on any atom is 0.00599 e. The molecule has 0 bridgehead atoms. The maximum atomic E-state index is 2.42. The molecule has 1 aromatic carbocycles. The standard InChI is InChI=1S/C16H18/c1-12-11-16(13-7-3-2-4-8-13)15-10-6-5-9-14(12)15/h2-4,7-8,11,15H,5-6,9-10H2,1H3. The normalized spacial score (nSPS) is 24.3. The molecule has 16 heavy (non-hydrogen) atoms. The van der Waals surface area contributed by atoms with Crippen LogP contribution < -0.4 is 0 Å². The molecule has 0 heteroatoms. The summed E-state index contributed by atoms with van der Waals surface area (Å²) in [5.41, 5.74) is 6.23. The van der Waals surface area contributed by atoms with Crippen LogP contribution in [0.2, 0.25) is 0 Å². The molecular formula is C16H18. The monoisotopic (exact) mass is 210 g/mol. The Labute approximate surface area is 97.7 Å². The largest absolute Gasteiger partial charge is 0.0622 e. The van der Waals surface area contributed by atoms with Gasteiger partial charge in [0, 0.05) is 5.92 Å². The van der Waals surface area contributed by atoms with Crippen molar-refractivity contribution in [2.24, 2.45) is 5.92 Å². The Bertz CT molecular complexity index is 448. The third-order valence-corrected chi connectivity index (χ3v) is 3.97. The van der Waals surface area contributed by atoms with Gasteiger partial charge in [-0.05, 0) is 37.3 Å². The van der Waals surface area contributed by atoms with Crippen LogP contribution in [0.3, 0.4) is 0 Å². The van der Waals surface area contributed by atoms with E-state index in [0.29, 0.717) is 0 Å². The van der Waals surface area contributed by atoms with Gasteiger partial charge < -0.3 is 0 Å². The summed E-state index contributed by atoms with van der Waals surface area (Å²) in [5.74, 6) is 0.733. The molecule has 1 unspecified atom stereocenters. The highest BCUT2D eigenvalue weighted by atomic mass is 14.3. The molecule has 1 fully saturated rings. The molecule has 0 saturated heterocycles. The second kappa shape index (κ2) is 3.93. The number of hydrogen-bond acceptors (Lipinski definition) is 0. The Morgan fingerprint density at radius 3 is 2.69 bits per heavy atom. The summed E-state index contributed by atoms with van der Waals surface area (Å²) < 4.78 is 0. The fraction of sp³-hybridized carbons (Fsp3) is 0.375. The lowest BCUT2D eigenvalue weighted by Gasteiger charge is -2.24. The summed E-state index contributed by atoms with van der Waals surface area (Å²) in [6, 6.07) is 10.9. The molecule has 82 valence electrons. The van der Waals surface area contributed by atoms with Crippen molar-refractivity contribution in [3.8, 4) is 0 Å². The second-order valence-electron chi connectivity index (χ2n) is 4.97. The summed E-state index contributed by atoms with van der Waals surface area (Å²) in [4.78, 5) is 0. The van der Waals surface area contributed by atoms with Crippen LogP contribution >= 0.6 is 0 Å². The molecule has 0 radical (unpaired) electrons. The molecule has 0 aliphatic heterocycles. The van der Waals surface area contributed by atoms with Crippen molar-refractivity contribution in [2.45, 2.75) is 32.6 Å². The number of benzene rings is 1. The minimum Gasteiger partial charge on any atom is -0.0622 e. The second-order valence-corrected chi connectivity index (χ2v) is 4.97. The van der Waals surface area contributed by atoms with E-state index in [9.17, 15) is 0 Å². The third-order valence-electron chi connectivity index (χ3n) is 3.97. The van der Waals surface area contributed by atoms with Crippen molar-refractivity contribution < 1.29 is 0 Å². The van der Waals surface area contributed by atoms with E-state index in [1.807, 2.05) is 0 Å². The quantitative estimate of drug-likeness (QED) is 0.636. The lowest BCUT2D eigenvalue weighted by Crippen LogP contribution is -2.09. The van der Waals surface area contributed by atoms with Crippen LogP contribution in [0.15, 0.2) is 47.6 Å². The van der Waals surface area contributed by atoms with E-state index in [-0.39, 0.29) is 0 Å². The third kappa shape index (κ3) is 1.53. The summed E-state index contributed by atoms with van der Waals surface area (Å²) in [6.45, 7) is 2.28. The topological polar surface area (TPSA) is 0 Å². The SMILES string of the molecule is CC1=C2CCCCC2C(c2ccccc2)=C1. The van der Waals surface area contributed by atoms with E-state index in [4.69, 9.17) is 0 Å². The highest BCUT2D eigenvalue weighted by molar-refractivity contribution is 5.76. The molecule has 0 nitrogen and oxygen atoms in total. The van der Waals surface area contributed by atoms with Crippen molar-refractivity contribution in [3.63, 3.8) is 0 Å². The fourth-order valence-electron chi connectivity index (χ4n) is 3.17. The lowest BCUT2D eigenvalue weighted by molar-refractivity contribution is 0.532. The molecule has 1 aromatic rings. The molecule has 3 rings (SSSR count). The zero-order valence-corrected chi connectivity index (χ0v) is 9.87. The molecule has 0 heterocycles. The fourth-order valence-corrected chi connectivity index (χ4v) is 3.17. The van der Waals surface area contributed by atoms with Crippen molar-refractivity contribution >= 4 is 5.57 Å². The predicted octanol–water partition coefficient (Wildman–Crippen LogP) is 4.59. The first-order valence-electron chi connectivity index (χ1n) is 6.33. The number of allylic oxidation sites excluding steroid dienone is 4. The van der Waals surface area contributed by atoms with E-state index in [1.54, 1.807) is 11.1 Å². The summed E-state index contributed by atoms with van der Waals surface area (Å²) >= 11 is 0. The first kappa shape index (κ1) is 9.89. The summed E-state index contributed by atoms with van der Waals surface area (Å²) in [6.07, 6.45) is 7.88. The molecule has 0 aromatic heterocycles. The minimum atomic E-state index is 0.733. The Morgan fingerprint density at radius 2 is 1.88 bits per heavy atom. The molecule has 2 aliphatic rings. The molecule has 2 aliphatic carbocycles. The maximum absolute atomic E-state index is 2.42. The van der Waals surface area contributed by atoms with Gasteiger partial charge in [-0.25, -0.2) is 0 Å². The van der Waals surface area contributed by atoms with Crippen LogP contribution in [0.5, 0.6) is 0 Å². The van der Waals surface area contributed by atoms with Gasteiger partial charge >= 0.3 is 0 Å². The molecule has 1 saturated carbocycles. The van der Waals surface area contributed by atoms with Crippen LogP contribution in [0.25, 0.3) is 5.57 Å². The van der Waals surface area contributed by atoms with Gasteiger partial charge in [0.25, 0.3) is 0 Å². The van der Waals surface area contributed by atoms with Gasteiger partial charge in [-0.15, -0.1) is 0 Å². The van der Waals surface area contributed by atoms with E-state index in [2.05, 4.69) is 43.3 Å². The van der Waals surface area contributed by atoms with Crippen molar-refractivity contribution in [1.29, 1.82) is 0 Å². The predicted molar refractivity (Wildman–Crippen MR) is 69.1 cm³/mol. The number of rotatable bonds is 1. The van der Waals surface area contributed by atoms with Crippen LogP contribution in [0, 0.1) is 5.92 Å². The first-order valence-corrected chi connectivity index (χ1v) is 6.33. The number of hydrogen-bond donors (Lipinski definition) is 0. The Balaban J connectivity index is 1.97. The van der Waals surface area contributed by atoms with Gasteiger partial charge in [0.15, 0.2) is 0 Å². The van der Waals surface area contributed by atoms with Gasteiger partial charge in [-0.1, -0.05) is 54.0 Å². The van der Waals surface area contributed by atoms with E-state index >= 15 is 0 Å². The van der Waals surface area contributed by atoms with Crippen molar-refractivity contribution in [3.05, 3.63) is 53.1 Å². The van der Waals surface area contributed by atoms with Gasteiger partial charge in [0.05, 0.1) is 0 Å². The Morgan fingerprint density at radius 1 is 1.06 bits per heavy atom. The van der Waals surface area contributed by atoms with Crippen molar-refractivity contribution in [1.82, 2.24) is 0 Å². The highest BCUT2D eigenvalue weighted by Crippen LogP contribution is 2.45. The van der Waals surface area contributed by atoms with E-state index < -0.39 is 0 Å². The smallest absolute Gasteiger partial charge is 0.00599 e. The van der Waals surface area contributed by atoms with Crippen molar-refractivity contribution in [2.75, 3.05) is 0 Å².